The lowest BCUT2D eigenvalue weighted by Crippen LogP contribution is -2.41. The smallest absolute Gasteiger partial charge is 0.136 e. The van der Waals surface area contributed by atoms with Gasteiger partial charge in [-0.1, -0.05) is 85.0 Å². The fourth-order valence-electron chi connectivity index (χ4n) is 7.14. The summed E-state index contributed by atoms with van der Waals surface area (Å²) in [7, 11) is 0. The highest BCUT2D eigenvalue weighted by Crippen LogP contribution is 2.49. The highest BCUT2D eigenvalue weighted by atomic mass is 32.1. The van der Waals surface area contributed by atoms with Gasteiger partial charge in [-0.2, -0.15) is 0 Å². The maximum absolute atomic E-state index is 3.87. The molecular weight excluding hydrogens is 506 g/mol. The highest BCUT2D eigenvalue weighted by molar-refractivity contribution is 7.26. The summed E-state index contributed by atoms with van der Waals surface area (Å²) in [6.45, 7) is 0. The Kier molecular flexibility index (Phi) is 3.92. The van der Waals surface area contributed by atoms with Crippen LogP contribution >= 0.6 is 11.3 Å². The normalized spacial score (nSPS) is 18.2. The first-order valence-corrected chi connectivity index (χ1v) is 14.7. The first-order valence-electron chi connectivity index (χ1n) is 13.9. The Morgan fingerprint density at radius 1 is 0.600 bits per heavy atom. The summed E-state index contributed by atoms with van der Waals surface area (Å²) in [5, 5.41) is 16.9. The number of rotatable bonds is 1. The van der Waals surface area contributed by atoms with Crippen LogP contribution in [0.3, 0.4) is 0 Å². The third kappa shape index (κ3) is 2.64. The number of nitrogens with zero attached hydrogens (tertiary/aromatic N) is 1. The molecule has 5 aromatic carbocycles. The Labute approximate surface area is 234 Å². The summed E-state index contributed by atoms with van der Waals surface area (Å²) in [5.41, 5.74) is 6.29. The number of aromatic nitrogens is 1. The number of para-hydroxylation sites is 1. The lowest BCUT2D eigenvalue weighted by Gasteiger charge is -2.33. The van der Waals surface area contributed by atoms with Gasteiger partial charge in [0.05, 0.1) is 28.8 Å². The quantitative estimate of drug-likeness (QED) is 0.222. The molecule has 0 radical (unpaired) electrons. The molecule has 4 heterocycles. The summed E-state index contributed by atoms with van der Waals surface area (Å²) >= 11 is 1.89. The predicted octanol–water partition coefficient (Wildman–Crippen LogP) is 9.57. The largest absolute Gasteiger partial charge is 0.373 e. The van der Waals surface area contributed by atoms with Gasteiger partial charge in [0.1, 0.15) is 5.82 Å². The third-order valence-corrected chi connectivity index (χ3v) is 10.1. The molecule has 0 saturated heterocycles. The summed E-state index contributed by atoms with van der Waals surface area (Å²) < 4.78 is 5.13. The summed E-state index contributed by atoms with van der Waals surface area (Å²) in [6.07, 6.45) is 8.78. The van der Waals surface area contributed by atoms with Crippen LogP contribution in [0.25, 0.3) is 69.3 Å². The van der Waals surface area contributed by atoms with Gasteiger partial charge < -0.3 is 10.6 Å². The molecule has 188 valence electrons. The fourth-order valence-corrected chi connectivity index (χ4v) is 8.23. The van der Waals surface area contributed by atoms with Gasteiger partial charge in [0.15, 0.2) is 0 Å². The molecule has 2 atom stereocenters. The van der Waals surface area contributed by atoms with Crippen molar-refractivity contribution in [1.82, 2.24) is 4.40 Å². The van der Waals surface area contributed by atoms with Gasteiger partial charge in [-0.05, 0) is 52.2 Å². The van der Waals surface area contributed by atoms with Crippen molar-refractivity contribution in [3.63, 3.8) is 0 Å². The van der Waals surface area contributed by atoms with Gasteiger partial charge in [-0.25, -0.2) is 0 Å². The minimum atomic E-state index is 0.237. The van der Waals surface area contributed by atoms with Crippen molar-refractivity contribution in [3.8, 4) is 11.1 Å². The van der Waals surface area contributed by atoms with Crippen molar-refractivity contribution in [2.45, 2.75) is 12.1 Å². The number of nitrogens with one attached hydrogen (secondary N) is 2. The molecule has 4 heteroatoms. The van der Waals surface area contributed by atoms with E-state index < -0.39 is 0 Å². The van der Waals surface area contributed by atoms with E-state index in [2.05, 4.69) is 130 Å². The molecule has 0 bridgehead atoms. The van der Waals surface area contributed by atoms with Crippen LogP contribution in [0.15, 0.2) is 115 Å². The lowest BCUT2D eigenvalue weighted by atomic mass is 9.98. The first-order chi connectivity index (χ1) is 19.8. The molecule has 1 aliphatic heterocycles. The average Bonchev–Trinajstić information content (AvgIpc) is 3.65. The standard InChI is InChI=1S/C36H23N3S/c1-2-7-21-18-22(13-12-20(21)6-1)23-14-16-30-26(19-23)33-31(40-30)17-15-29-32(33)24-8-5-9-25-34-36(39(29)35(24)25)38-28-11-4-3-10-27(28)37-34/h1-19,27-28,37-38H. The monoisotopic (exact) mass is 529 g/mol. The minimum Gasteiger partial charge on any atom is -0.373 e. The first kappa shape index (κ1) is 21.1. The van der Waals surface area contributed by atoms with Crippen LogP contribution in [-0.4, -0.2) is 16.5 Å². The van der Waals surface area contributed by atoms with E-state index in [1.165, 1.54) is 75.0 Å². The van der Waals surface area contributed by atoms with Crippen LogP contribution in [0.1, 0.15) is 0 Å². The molecule has 40 heavy (non-hydrogen) atoms. The Balaban J connectivity index is 1.27. The minimum absolute atomic E-state index is 0.237. The third-order valence-electron chi connectivity index (χ3n) is 8.95. The number of anilines is 2. The van der Waals surface area contributed by atoms with Crippen LogP contribution in [0.2, 0.25) is 0 Å². The lowest BCUT2D eigenvalue weighted by molar-refractivity contribution is 0.760. The van der Waals surface area contributed by atoms with Crippen molar-refractivity contribution in [3.05, 3.63) is 115 Å². The van der Waals surface area contributed by atoms with E-state index in [9.17, 15) is 0 Å². The van der Waals surface area contributed by atoms with E-state index in [1.807, 2.05) is 11.3 Å². The molecule has 0 spiro atoms. The van der Waals surface area contributed by atoms with Gasteiger partial charge in [-0.3, -0.25) is 4.40 Å². The number of hydrogen-bond donors (Lipinski definition) is 2. The molecule has 1 aliphatic carbocycles. The van der Waals surface area contributed by atoms with Gasteiger partial charge >= 0.3 is 0 Å². The van der Waals surface area contributed by atoms with Crippen LogP contribution in [0.5, 0.6) is 0 Å². The van der Waals surface area contributed by atoms with Crippen LogP contribution in [0, 0.1) is 0 Å². The highest BCUT2D eigenvalue weighted by Gasteiger charge is 2.31. The number of fused-ring (bicyclic) bond motifs is 12. The van der Waals surface area contributed by atoms with Crippen molar-refractivity contribution in [2.24, 2.45) is 0 Å². The molecule has 2 aliphatic rings. The Hall–Kier alpha value is -4.80. The van der Waals surface area contributed by atoms with E-state index in [1.54, 1.807) is 0 Å². The van der Waals surface area contributed by atoms with E-state index in [0.29, 0.717) is 0 Å². The zero-order valence-corrected chi connectivity index (χ0v) is 22.3. The van der Waals surface area contributed by atoms with Crippen molar-refractivity contribution in [1.29, 1.82) is 0 Å². The van der Waals surface area contributed by atoms with E-state index >= 15 is 0 Å². The van der Waals surface area contributed by atoms with Gasteiger partial charge in [-0.15, -0.1) is 11.3 Å². The predicted molar refractivity (Wildman–Crippen MR) is 173 cm³/mol. The summed E-state index contributed by atoms with van der Waals surface area (Å²) in [5.74, 6) is 1.16. The second-order valence-corrected chi connectivity index (χ2v) is 12.2. The van der Waals surface area contributed by atoms with E-state index in [4.69, 9.17) is 0 Å². The molecule has 10 rings (SSSR count). The second-order valence-electron chi connectivity index (χ2n) is 11.1. The van der Waals surface area contributed by atoms with Gasteiger partial charge in [0.25, 0.3) is 0 Å². The van der Waals surface area contributed by atoms with E-state index in [-0.39, 0.29) is 12.1 Å². The molecule has 2 N–H and O–H groups in total. The zero-order valence-electron chi connectivity index (χ0n) is 21.5. The molecule has 0 fully saturated rings. The Bertz CT molecular complexity index is 2400. The zero-order chi connectivity index (χ0) is 25.9. The number of hydrogen-bond acceptors (Lipinski definition) is 3. The molecule has 2 unspecified atom stereocenters. The van der Waals surface area contributed by atoms with Crippen LogP contribution in [-0.2, 0) is 0 Å². The number of allylic oxidation sites excluding steroid dienone is 2. The van der Waals surface area contributed by atoms with Gasteiger partial charge in [0.2, 0.25) is 0 Å². The van der Waals surface area contributed by atoms with Crippen molar-refractivity contribution >= 4 is 81.0 Å². The maximum atomic E-state index is 3.87. The van der Waals surface area contributed by atoms with Gasteiger partial charge in [0, 0.05) is 36.3 Å². The summed E-state index contributed by atoms with van der Waals surface area (Å²) in [6, 6.07) is 34.3. The molecule has 3 aromatic heterocycles. The number of benzene rings is 5. The molecule has 3 nitrogen and oxygen atoms in total. The van der Waals surface area contributed by atoms with Crippen molar-refractivity contribution < 1.29 is 0 Å². The SMILES string of the molecule is C1=CC2Nc3c(n4c5ccc6sc7ccc(-c8ccc9ccccc9c8)cc7c6c5c5cccc3c54)NC2C=C1. The fraction of sp³-hybridized carbons (Fsp3) is 0.0556. The maximum Gasteiger partial charge on any atom is 0.136 e. The molecular formula is C36H23N3S. The molecule has 0 saturated carbocycles. The van der Waals surface area contributed by atoms with Crippen LogP contribution < -0.4 is 10.6 Å². The topological polar surface area (TPSA) is 28.5 Å². The Morgan fingerprint density at radius 3 is 2.30 bits per heavy atom. The molecule has 8 aromatic rings. The van der Waals surface area contributed by atoms with E-state index in [0.717, 1.165) is 5.82 Å². The average molecular weight is 530 g/mol. The number of thiophene rings is 1. The summed E-state index contributed by atoms with van der Waals surface area (Å²) in [4.78, 5) is 0. The Morgan fingerprint density at radius 2 is 1.38 bits per heavy atom. The second kappa shape index (κ2) is 7.44. The molecule has 0 amide bonds. The van der Waals surface area contributed by atoms with Crippen LogP contribution in [0.4, 0.5) is 11.5 Å². The van der Waals surface area contributed by atoms with Crippen molar-refractivity contribution in [2.75, 3.05) is 10.6 Å².